The Labute approximate surface area is 285 Å². The zero-order chi connectivity index (χ0) is 33.2. The Bertz CT molecular complexity index is 1480. The Morgan fingerprint density at radius 3 is 2.43 bits per heavy atom. The van der Waals surface area contributed by atoms with Crippen LogP contribution in [0.25, 0.3) is 0 Å². The van der Waals surface area contributed by atoms with E-state index in [-0.39, 0.29) is 47.5 Å². The number of carbonyl (C=O) groups is 3. The van der Waals surface area contributed by atoms with Gasteiger partial charge in [-0.1, -0.05) is 40.2 Å². The molecular formula is C36H44BrN3O5S. The molecular weight excluding hydrogens is 666 g/mol. The molecule has 46 heavy (non-hydrogen) atoms. The summed E-state index contributed by atoms with van der Waals surface area (Å²) < 4.78 is 4.82. The highest BCUT2D eigenvalue weighted by atomic mass is 79.9. The summed E-state index contributed by atoms with van der Waals surface area (Å²) in [5.41, 5.74) is 3.47. The van der Waals surface area contributed by atoms with Gasteiger partial charge >= 0.3 is 0 Å². The first-order chi connectivity index (χ1) is 22.1. The second kappa shape index (κ2) is 14.4. The summed E-state index contributed by atoms with van der Waals surface area (Å²) >= 11 is 5.52. The van der Waals surface area contributed by atoms with E-state index in [9.17, 15) is 19.5 Å². The van der Waals surface area contributed by atoms with Gasteiger partial charge in [0.1, 0.15) is 11.8 Å². The van der Waals surface area contributed by atoms with Crippen molar-refractivity contribution in [2.45, 2.75) is 60.9 Å². The summed E-state index contributed by atoms with van der Waals surface area (Å²) in [5, 5.41) is 9.38. The number of alkyl halides is 1. The summed E-state index contributed by atoms with van der Waals surface area (Å²) in [6, 6.07) is 12.6. The van der Waals surface area contributed by atoms with Crippen LogP contribution in [0.3, 0.4) is 0 Å². The van der Waals surface area contributed by atoms with Crippen molar-refractivity contribution >= 4 is 56.8 Å². The molecule has 0 aliphatic carbocycles. The zero-order valence-electron chi connectivity index (χ0n) is 26.9. The van der Waals surface area contributed by atoms with Crippen LogP contribution in [0.2, 0.25) is 0 Å². The predicted octanol–water partition coefficient (Wildman–Crippen LogP) is 5.68. The Hall–Kier alpha value is -3.08. The van der Waals surface area contributed by atoms with Gasteiger partial charge in [-0.25, -0.2) is 0 Å². The zero-order valence-corrected chi connectivity index (χ0v) is 29.3. The minimum Gasteiger partial charge on any atom is -0.494 e. The lowest BCUT2D eigenvalue weighted by Crippen LogP contribution is -2.56. The molecule has 3 aliphatic heterocycles. The largest absolute Gasteiger partial charge is 0.494 e. The van der Waals surface area contributed by atoms with Crippen LogP contribution in [0.15, 0.2) is 67.8 Å². The maximum absolute atomic E-state index is 14.9. The first-order valence-electron chi connectivity index (χ1n) is 16.0. The van der Waals surface area contributed by atoms with E-state index in [2.05, 4.69) is 29.1 Å². The number of benzene rings is 2. The van der Waals surface area contributed by atoms with Gasteiger partial charge in [0.05, 0.1) is 23.2 Å². The fourth-order valence-corrected chi connectivity index (χ4v) is 11.0. The SMILES string of the molecule is C=CCN(C(=O)[C@H]1[C@@H]2SC3(CC2Br)C(C(=O)N(CC=C)c2cc(C)ccc2C)N(CCCCO)C(=O)[C@H]13)c1ccc(OCC)cc1. The van der Waals surface area contributed by atoms with Crippen molar-refractivity contribution in [3.8, 4) is 5.75 Å². The number of ether oxygens (including phenoxy) is 1. The average molecular weight is 711 g/mol. The van der Waals surface area contributed by atoms with Crippen molar-refractivity contribution < 1.29 is 24.2 Å². The number of hydrogen-bond donors (Lipinski definition) is 1. The molecule has 246 valence electrons. The van der Waals surface area contributed by atoms with E-state index < -0.39 is 22.6 Å². The van der Waals surface area contributed by atoms with Crippen LogP contribution < -0.4 is 14.5 Å². The van der Waals surface area contributed by atoms with E-state index in [1.165, 1.54) is 0 Å². The smallest absolute Gasteiger partial charge is 0.251 e. The number of fused-ring (bicyclic) bond motifs is 1. The van der Waals surface area contributed by atoms with Crippen LogP contribution in [-0.2, 0) is 14.4 Å². The number of carbonyl (C=O) groups excluding carboxylic acids is 3. The topological polar surface area (TPSA) is 90.4 Å². The molecule has 3 unspecified atom stereocenters. The second-order valence-corrected chi connectivity index (χ2v) is 15.0. The second-order valence-electron chi connectivity index (χ2n) is 12.3. The molecule has 5 rings (SSSR count). The molecule has 3 fully saturated rings. The fraction of sp³-hybridized carbons (Fsp3) is 0.472. The highest BCUT2D eigenvalue weighted by Gasteiger charge is 2.76. The lowest BCUT2D eigenvalue weighted by atomic mass is 9.70. The van der Waals surface area contributed by atoms with Gasteiger partial charge in [0.15, 0.2) is 0 Å². The molecule has 2 bridgehead atoms. The predicted molar refractivity (Wildman–Crippen MR) is 189 cm³/mol. The fourth-order valence-electron chi connectivity index (χ4n) is 7.44. The Balaban J connectivity index is 1.57. The number of amides is 3. The number of aliphatic hydroxyl groups is 1. The molecule has 6 atom stereocenters. The van der Waals surface area contributed by atoms with Gasteiger partial charge < -0.3 is 24.5 Å². The number of aliphatic hydroxyl groups excluding tert-OH is 1. The van der Waals surface area contributed by atoms with Crippen LogP contribution in [-0.4, -0.2) is 81.4 Å². The van der Waals surface area contributed by atoms with E-state index in [0.717, 1.165) is 16.8 Å². The molecule has 10 heteroatoms. The standard InChI is InChI=1S/C36H44BrN3O5S/c1-6-17-38(25-13-15-26(16-14-25)45-8-3)33(42)29-30-34(43)40(19-9-10-20-41)32(36(30)22-27(37)31(29)46-36)35(44)39(18-7-2)28-21-23(4)11-12-24(28)5/h6-7,11-16,21,27,29-32,41H,1-2,8-10,17-20,22H2,3-5H3/t27?,29-,30+,31-,32?,36?/m1/s1. The van der Waals surface area contributed by atoms with E-state index in [0.29, 0.717) is 43.9 Å². The third-order valence-electron chi connectivity index (χ3n) is 9.39. The number of anilines is 2. The molecule has 1 spiro atoms. The first-order valence-corrected chi connectivity index (χ1v) is 17.8. The summed E-state index contributed by atoms with van der Waals surface area (Å²) in [7, 11) is 0. The molecule has 3 saturated heterocycles. The van der Waals surface area contributed by atoms with Gasteiger partial charge in [0, 0.05) is 47.7 Å². The quantitative estimate of drug-likeness (QED) is 0.154. The van der Waals surface area contributed by atoms with Gasteiger partial charge in [0.2, 0.25) is 11.8 Å². The number of aryl methyl sites for hydroxylation is 2. The summed E-state index contributed by atoms with van der Waals surface area (Å²) in [4.78, 5) is 49.3. The Morgan fingerprint density at radius 2 is 1.78 bits per heavy atom. The van der Waals surface area contributed by atoms with Crippen LogP contribution in [0.1, 0.15) is 37.3 Å². The number of rotatable bonds is 14. The first kappa shape index (κ1) is 34.3. The monoisotopic (exact) mass is 709 g/mol. The number of unbranched alkanes of at least 4 members (excludes halogenated alkanes) is 1. The van der Waals surface area contributed by atoms with Crippen LogP contribution >= 0.6 is 27.7 Å². The van der Waals surface area contributed by atoms with Crippen molar-refractivity contribution in [2.75, 3.05) is 42.6 Å². The summed E-state index contributed by atoms with van der Waals surface area (Å²) in [6.45, 7) is 15.2. The number of thioether (sulfide) groups is 1. The van der Waals surface area contributed by atoms with Gasteiger partial charge in [-0.05, 0) is 81.5 Å². The molecule has 2 aromatic carbocycles. The molecule has 0 aromatic heterocycles. The Morgan fingerprint density at radius 1 is 1.09 bits per heavy atom. The van der Waals surface area contributed by atoms with Crippen molar-refractivity contribution in [2.24, 2.45) is 11.8 Å². The van der Waals surface area contributed by atoms with E-state index in [1.807, 2.05) is 63.2 Å². The number of nitrogens with zero attached hydrogens (tertiary/aromatic N) is 3. The van der Waals surface area contributed by atoms with Crippen molar-refractivity contribution in [3.05, 3.63) is 78.9 Å². The van der Waals surface area contributed by atoms with Crippen LogP contribution in [0, 0.1) is 25.7 Å². The molecule has 0 radical (unpaired) electrons. The van der Waals surface area contributed by atoms with Crippen molar-refractivity contribution in [1.82, 2.24) is 4.90 Å². The van der Waals surface area contributed by atoms with E-state index in [1.54, 1.807) is 38.6 Å². The van der Waals surface area contributed by atoms with Crippen LogP contribution in [0.4, 0.5) is 11.4 Å². The normalized spacial score (nSPS) is 26.2. The molecule has 3 heterocycles. The van der Waals surface area contributed by atoms with Gasteiger partial charge in [-0.3, -0.25) is 14.4 Å². The van der Waals surface area contributed by atoms with Crippen LogP contribution in [0.5, 0.6) is 5.75 Å². The summed E-state index contributed by atoms with van der Waals surface area (Å²) in [6.07, 6.45) is 5.06. The maximum atomic E-state index is 14.9. The number of halogens is 1. The van der Waals surface area contributed by atoms with E-state index in [4.69, 9.17) is 4.74 Å². The highest BCUT2D eigenvalue weighted by molar-refractivity contribution is 9.09. The molecule has 0 saturated carbocycles. The van der Waals surface area contributed by atoms with Crippen molar-refractivity contribution in [1.29, 1.82) is 0 Å². The number of hydrogen-bond acceptors (Lipinski definition) is 6. The van der Waals surface area contributed by atoms with Crippen molar-refractivity contribution in [3.63, 3.8) is 0 Å². The van der Waals surface area contributed by atoms with Gasteiger partial charge in [-0.2, -0.15) is 0 Å². The Kier molecular flexibility index (Phi) is 10.7. The lowest BCUT2D eigenvalue weighted by Gasteiger charge is -2.38. The third kappa shape index (κ3) is 6.04. The van der Waals surface area contributed by atoms with Gasteiger partial charge in [-0.15, -0.1) is 24.9 Å². The highest BCUT2D eigenvalue weighted by Crippen LogP contribution is 2.68. The molecule has 1 N–H and O–H groups in total. The molecule has 8 nitrogen and oxygen atoms in total. The molecule has 3 aliphatic rings. The number of likely N-dealkylation sites (tertiary alicyclic amines) is 1. The van der Waals surface area contributed by atoms with E-state index >= 15 is 0 Å². The minimum absolute atomic E-state index is 0.000297. The summed E-state index contributed by atoms with van der Waals surface area (Å²) in [5.74, 6) is -1.05. The molecule has 2 aromatic rings. The third-order valence-corrected chi connectivity index (χ3v) is 12.6. The maximum Gasteiger partial charge on any atom is 0.251 e. The van der Waals surface area contributed by atoms with Gasteiger partial charge in [0.25, 0.3) is 5.91 Å². The minimum atomic E-state index is -0.789. The average Bonchev–Trinajstić information content (AvgIpc) is 3.63. The molecule has 3 amide bonds. The lowest BCUT2D eigenvalue weighted by molar-refractivity contribution is -0.139.